The number of anilines is 1. The zero-order valence-electron chi connectivity index (χ0n) is 12.2. The Kier molecular flexibility index (Phi) is 4.16. The first-order valence-electron chi connectivity index (χ1n) is 6.11. The fourth-order valence-electron chi connectivity index (χ4n) is 1.31. The zero-order chi connectivity index (χ0) is 15.9. The van der Waals surface area contributed by atoms with Crippen LogP contribution in [0.2, 0.25) is 18.1 Å². The van der Waals surface area contributed by atoms with Gasteiger partial charge in [0.1, 0.15) is 11.6 Å². The average Bonchev–Trinajstić information content (AvgIpc) is 2.19. The van der Waals surface area contributed by atoms with Crippen LogP contribution in [0.5, 0.6) is 5.75 Å². The largest absolute Gasteiger partial charge is 0.542 e. The number of hydrogen-bond acceptors (Lipinski definition) is 2. The van der Waals surface area contributed by atoms with Gasteiger partial charge in [0.2, 0.25) is 0 Å². The second-order valence-electron chi connectivity index (χ2n) is 6.23. The standard InChI is InChI=1S/C13H19F4NOSi/c1-12(2,3)20(4,5)19-11-7-9(14)8(6-10(11)18)13(15,16)17/h6-7H,18H2,1-5H3. The van der Waals surface area contributed by atoms with Crippen LogP contribution in [-0.2, 0) is 6.18 Å². The van der Waals surface area contributed by atoms with E-state index in [4.69, 9.17) is 10.2 Å². The van der Waals surface area contributed by atoms with Gasteiger partial charge in [-0.05, 0) is 24.2 Å². The van der Waals surface area contributed by atoms with Gasteiger partial charge in [0.15, 0.2) is 0 Å². The summed E-state index contributed by atoms with van der Waals surface area (Å²) in [6.45, 7) is 9.71. The molecule has 0 amide bonds. The summed E-state index contributed by atoms with van der Waals surface area (Å²) in [5, 5.41) is -0.168. The van der Waals surface area contributed by atoms with Crippen LogP contribution >= 0.6 is 0 Å². The maximum absolute atomic E-state index is 13.6. The molecule has 0 aliphatic rings. The third kappa shape index (κ3) is 3.44. The molecule has 0 atom stereocenters. The van der Waals surface area contributed by atoms with Crippen molar-refractivity contribution >= 4 is 14.0 Å². The molecule has 2 N–H and O–H groups in total. The molecule has 1 rings (SSSR count). The van der Waals surface area contributed by atoms with Crippen LogP contribution in [-0.4, -0.2) is 8.32 Å². The molecule has 7 heteroatoms. The Balaban J connectivity index is 3.21. The molecule has 0 heterocycles. The van der Waals surface area contributed by atoms with E-state index in [2.05, 4.69) is 0 Å². The number of alkyl halides is 3. The molecule has 1 aromatic carbocycles. The van der Waals surface area contributed by atoms with Gasteiger partial charge in [0.05, 0.1) is 11.3 Å². The molecule has 0 fully saturated rings. The zero-order valence-corrected chi connectivity index (χ0v) is 13.2. The van der Waals surface area contributed by atoms with E-state index in [1.54, 1.807) is 0 Å². The van der Waals surface area contributed by atoms with E-state index in [0.717, 1.165) is 6.07 Å². The summed E-state index contributed by atoms with van der Waals surface area (Å²) in [7, 11) is -2.29. The van der Waals surface area contributed by atoms with Gasteiger partial charge in [-0.1, -0.05) is 20.8 Å². The van der Waals surface area contributed by atoms with E-state index >= 15 is 0 Å². The average molecular weight is 309 g/mol. The predicted octanol–water partition coefficient (Wildman–Crippen LogP) is 4.81. The van der Waals surface area contributed by atoms with Gasteiger partial charge >= 0.3 is 6.18 Å². The second-order valence-corrected chi connectivity index (χ2v) is 11.0. The van der Waals surface area contributed by atoms with Crippen LogP contribution in [0.15, 0.2) is 12.1 Å². The number of nitrogens with two attached hydrogens (primary N) is 1. The molecular weight excluding hydrogens is 290 g/mol. The van der Waals surface area contributed by atoms with Gasteiger partial charge in [-0.25, -0.2) is 4.39 Å². The lowest BCUT2D eigenvalue weighted by Crippen LogP contribution is -2.44. The SMILES string of the molecule is CC(C)(C)[Si](C)(C)Oc1cc(F)c(C(F)(F)F)cc1N. The lowest BCUT2D eigenvalue weighted by Gasteiger charge is -2.36. The molecule has 1 aromatic rings. The normalized spacial score (nSPS) is 13.4. The summed E-state index contributed by atoms with van der Waals surface area (Å²) in [6, 6.07) is 1.30. The van der Waals surface area contributed by atoms with Crippen molar-refractivity contribution in [3.63, 3.8) is 0 Å². The number of benzene rings is 1. The highest BCUT2D eigenvalue weighted by molar-refractivity contribution is 6.74. The van der Waals surface area contributed by atoms with Gasteiger partial charge in [0, 0.05) is 6.07 Å². The highest BCUT2D eigenvalue weighted by atomic mass is 28.4. The first-order chi connectivity index (χ1) is 8.75. The maximum atomic E-state index is 13.6. The lowest BCUT2D eigenvalue weighted by molar-refractivity contribution is -0.139. The van der Waals surface area contributed by atoms with Crippen molar-refractivity contribution in [2.24, 2.45) is 0 Å². The topological polar surface area (TPSA) is 35.2 Å². The number of hydrogen-bond donors (Lipinski definition) is 1. The minimum absolute atomic E-state index is 0.0258. The van der Waals surface area contributed by atoms with Gasteiger partial charge in [-0.2, -0.15) is 13.2 Å². The summed E-state index contributed by atoms with van der Waals surface area (Å²) in [4.78, 5) is 0. The van der Waals surface area contributed by atoms with Crippen molar-refractivity contribution in [2.45, 2.75) is 45.1 Å². The Labute approximate surface area is 117 Å². The van der Waals surface area contributed by atoms with Crippen LogP contribution in [0.4, 0.5) is 23.2 Å². The molecule has 114 valence electrons. The molecule has 0 aliphatic heterocycles. The van der Waals surface area contributed by atoms with Crippen molar-refractivity contribution in [1.29, 1.82) is 0 Å². The van der Waals surface area contributed by atoms with Gasteiger partial charge in [-0.3, -0.25) is 0 Å². The Morgan fingerprint density at radius 3 is 2.00 bits per heavy atom. The molecule has 0 unspecified atom stereocenters. The molecular formula is C13H19F4NOSi. The Morgan fingerprint density at radius 2 is 1.60 bits per heavy atom. The van der Waals surface area contributed by atoms with Crippen molar-refractivity contribution < 1.29 is 22.0 Å². The van der Waals surface area contributed by atoms with Crippen LogP contribution in [0, 0.1) is 5.82 Å². The number of halogens is 4. The number of nitrogen functional groups attached to an aromatic ring is 1. The monoisotopic (exact) mass is 309 g/mol. The van der Waals surface area contributed by atoms with Gasteiger partial charge < -0.3 is 10.2 Å². The van der Waals surface area contributed by atoms with Crippen LogP contribution < -0.4 is 10.2 Å². The first kappa shape index (κ1) is 16.8. The van der Waals surface area contributed by atoms with E-state index in [1.807, 2.05) is 33.9 Å². The highest BCUT2D eigenvalue weighted by Crippen LogP contribution is 2.41. The summed E-state index contributed by atoms with van der Waals surface area (Å²) in [5.41, 5.74) is 3.99. The first-order valence-corrected chi connectivity index (χ1v) is 9.02. The van der Waals surface area contributed by atoms with Crippen LogP contribution in [0.3, 0.4) is 0 Å². The lowest BCUT2D eigenvalue weighted by atomic mass is 10.1. The smallest absolute Gasteiger partial charge is 0.419 e. The van der Waals surface area contributed by atoms with Crippen molar-refractivity contribution in [3.05, 3.63) is 23.5 Å². The molecule has 0 aromatic heterocycles. The summed E-state index contributed by atoms with van der Waals surface area (Å²) in [5.74, 6) is -1.40. The van der Waals surface area contributed by atoms with Crippen LogP contribution in [0.1, 0.15) is 26.3 Å². The van der Waals surface area contributed by atoms with E-state index in [-0.39, 0.29) is 16.5 Å². The highest BCUT2D eigenvalue weighted by Gasteiger charge is 2.40. The molecule has 0 aliphatic carbocycles. The Hall–Kier alpha value is -1.24. The Morgan fingerprint density at radius 1 is 1.10 bits per heavy atom. The molecule has 0 saturated heterocycles. The molecule has 0 spiro atoms. The molecule has 20 heavy (non-hydrogen) atoms. The fraction of sp³-hybridized carbons (Fsp3) is 0.538. The Bertz CT molecular complexity index is 506. The third-order valence-electron chi connectivity index (χ3n) is 3.58. The molecule has 0 saturated carbocycles. The summed E-state index contributed by atoms with van der Waals surface area (Å²) in [6.07, 6.45) is -4.77. The van der Waals surface area contributed by atoms with E-state index in [9.17, 15) is 17.6 Å². The van der Waals surface area contributed by atoms with Crippen molar-refractivity contribution in [3.8, 4) is 5.75 Å². The number of rotatable bonds is 2. The minimum Gasteiger partial charge on any atom is -0.542 e. The van der Waals surface area contributed by atoms with E-state index in [1.165, 1.54) is 0 Å². The molecule has 0 bridgehead atoms. The van der Waals surface area contributed by atoms with E-state index in [0.29, 0.717) is 6.07 Å². The second kappa shape index (κ2) is 4.94. The van der Waals surface area contributed by atoms with Crippen LogP contribution in [0.25, 0.3) is 0 Å². The summed E-state index contributed by atoms with van der Waals surface area (Å²) < 4.78 is 57.0. The maximum Gasteiger partial charge on any atom is 0.419 e. The van der Waals surface area contributed by atoms with Crippen molar-refractivity contribution in [1.82, 2.24) is 0 Å². The summed E-state index contributed by atoms with van der Waals surface area (Å²) >= 11 is 0. The third-order valence-corrected chi connectivity index (χ3v) is 7.92. The molecule has 0 radical (unpaired) electrons. The van der Waals surface area contributed by atoms with E-state index < -0.39 is 25.9 Å². The minimum atomic E-state index is -4.77. The molecule has 2 nitrogen and oxygen atoms in total. The predicted molar refractivity (Wildman–Crippen MR) is 73.6 cm³/mol. The van der Waals surface area contributed by atoms with Crippen molar-refractivity contribution in [2.75, 3.05) is 5.73 Å². The van der Waals surface area contributed by atoms with Gasteiger partial charge in [-0.15, -0.1) is 0 Å². The fourth-order valence-corrected chi connectivity index (χ4v) is 2.34. The van der Waals surface area contributed by atoms with Gasteiger partial charge in [0.25, 0.3) is 8.32 Å². The quantitative estimate of drug-likeness (QED) is 0.483.